The van der Waals surface area contributed by atoms with E-state index in [0.29, 0.717) is 6.54 Å². The van der Waals surface area contributed by atoms with E-state index in [9.17, 15) is 4.79 Å². The summed E-state index contributed by atoms with van der Waals surface area (Å²) in [6, 6.07) is 4.06. The van der Waals surface area contributed by atoms with E-state index in [4.69, 9.17) is 0 Å². The maximum atomic E-state index is 11.8. The van der Waals surface area contributed by atoms with Crippen molar-refractivity contribution in [3.05, 3.63) is 34.0 Å². The molecule has 0 radical (unpaired) electrons. The fourth-order valence-corrected chi connectivity index (χ4v) is 2.16. The second-order valence-corrected chi connectivity index (χ2v) is 4.57. The number of thiophene rings is 1. The second kappa shape index (κ2) is 5.71. The van der Waals surface area contributed by atoms with Crippen LogP contribution in [0.25, 0.3) is 0 Å². The maximum absolute atomic E-state index is 11.8. The summed E-state index contributed by atoms with van der Waals surface area (Å²) in [6.07, 6.45) is 2.87. The van der Waals surface area contributed by atoms with Crippen molar-refractivity contribution in [1.29, 1.82) is 0 Å². The van der Waals surface area contributed by atoms with Crippen LogP contribution in [0.3, 0.4) is 0 Å². The summed E-state index contributed by atoms with van der Waals surface area (Å²) in [4.78, 5) is 14.8. The lowest BCUT2D eigenvalue weighted by molar-refractivity contribution is -0.126. The van der Waals surface area contributed by atoms with Crippen LogP contribution in [0, 0.1) is 0 Å². The van der Waals surface area contributed by atoms with Crippen molar-refractivity contribution in [3.63, 3.8) is 0 Å². The molecule has 0 spiro atoms. The van der Waals surface area contributed by atoms with Crippen LogP contribution in [0.4, 0.5) is 0 Å². The number of allylic oxidation sites excluding steroid dienone is 1. The van der Waals surface area contributed by atoms with Crippen LogP contribution in [0.2, 0.25) is 0 Å². The predicted molar refractivity (Wildman–Crippen MR) is 64.8 cm³/mol. The standard InChI is InChI=1S/C12H17NOS/c1-4-6-10(2)12(14)13(3)9-11-7-5-8-15-11/h5-8H,4,9H2,1-3H3/b10-6+. The van der Waals surface area contributed by atoms with Crippen molar-refractivity contribution in [2.75, 3.05) is 7.05 Å². The highest BCUT2D eigenvalue weighted by molar-refractivity contribution is 7.09. The molecule has 1 amide bonds. The smallest absolute Gasteiger partial charge is 0.249 e. The molecule has 0 saturated carbocycles. The SMILES string of the molecule is CC/C=C(\C)C(=O)N(C)Cc1cccs1. The topological polar surface area (TPSA) is 20.3 Å². The lowest BCUT2D eigenvalue weighted by atomic mass is 10.2. The van der Waals surface area contributed by atoms with E-state index in [1.807, 2.05) is 44.5 Å². The number of hydrogen-bond acceptors (Lipinski definition) is 2. The summed E-state index contributed by atoms with van der Waals surface area (Å²) in [6.45, 7) is 4.61. The van der Waals surface area contributed by atoms with Crippen LogP contribution in [-0.2, 0) is 11.3 Å². The highest BCUT2D eigenvalue weighted by atomic mass is 32.1. The van der Waals surface area contributed by atoms with Crippen LogP contribution in [-0.4, -0.2) is 17.9 Å². The number of amides is 1. The molecular formula is C12H17NOS. The normalized spacial score (nSPS) is 11.5. The molecule has 0 bridgehead atoms. The zero-order valence-electron chi connectivity index (χ0n) is 9.49. The lowest BCUT2D eigenvalue weighted by Crippen LogP contribution is -2.26. The molecule has 82 valence electrons. The van der Waals surface area contributed by atoms with Crippen LogP contribution in [0.1, 0.15) is 25.1 Å². The van der Waals surface area contributed by atoms with Gasteiger partial charge in [0.2, 0.25) is 5.91 Å². The number of carbonyl (C=O) groups is 1. The van der Waals surface area contributed by atoms with Crippen molar-refractivity contribution in [3.8, 4) is 0 Å². The Morgan fingerprint density at radius 3 is 2.87 bits per heavy atom. The van der Waals surface area contributed by atoms with Crippen LogP contribution in [0.5, 0.6) is 0 Å². The molecule has 1 aromatic rings. The van der Waals surface area contributed by atoms with E-state index in [1.165, 1.54) is 4.88 Å². The van der Waals surface area contributed by atoms with Gasteiger partial charge >= 0.3 is 0 Å². The molecule has 1 aromatic heterocycles. The third-order valence-corrected chi connectivity index (χ3v) is 3.03. The van der Waals surface area contributed by atoms with Gasteiger partial charge in [0, 0.05) is 17.5 Å². The fraction of sp³-hybridized carbons (Fsp3) is 0.417. The molecule has 1 heterocycles. The molecule has 0 fully saturated rings. The zero-order chi connectivity index (χ0) is 11.3. The average molecular weight is 223 g/mol. The van der Waals surface area contributed by atoms with E-state index in [1.54, 1.807) is 16.2 Å². The van der Waals surface area contributed by atoms with E-state index >= 15 is 0 Å². The van der Waals surface area contributed by atoms with Crippen molar-refractivity contribution in [2.45, 2.75) is 26.8 Å². The van der Waals surface area contributed by atoms with Gasteiger partial charge in [0.15, 0.2) is 0 Å². The first kappa shape index (κ1) is 12.0. The molecule has 0 aliphatic rings. The Kier molecular flexibility index (Phi) is 4.56. The van der Waals surface area contributed by atoms with Gasteiger partial charge in [0.1, 0.15) is 0 Å². The highest BCUT2D eigenvalue weighted by Gasteiger charge is 2.10. The van der Waals surface area contributed by atoms with Gasteiger partial charge in [-0.3, -0.25) is 4.79 Å². The Hall–Kier alpha value is -1.09. The van der Waals surface area contributed by atoms with Crippen LogP contribution >= 0.6 is 11.3 Å². The monoisotopic (exact) mass is 223 g/mol. The van der Waals surface area contributed by atoms with Crippen molar-refractivity contribution in [2.24, 2.45) is 0 Å². The molecule has 0 aromatic carbocycles. The summed E-state index contributed by atoms with van der Waals surface area (Å²) in [5.74, 6) is 0.116. The highest BCUT2D eigenvalue weighted by Crippen LogP contribution is 2.12. The molecule has 0 aliphatic carbocycles. The molecular weight excluding hydrogens is 206 g/mol. The number of carbonyl (C=O) groups excluding carboxylic acids is 1. The van der Waals surface area contributed by atoms with Gasteiger partial charge < -0.3 is 4.90 Å². The molecule has 0 atom stereocenters. The van der Waals surface area contributed by atoms with Gasteiger partial charge in [-0.25, -0.2) is 0 Å². The van der Waals surface area contributed by atoms with Gasteiger partial charge in [-0.2, -0.15) is 0 Å². The Morgan fingerprint density at radius 2 is 2.33 bits per heavy atom. The minimum Gasteiger partial charge on any atom is -0.337 e. The molecule has 3 heteroatoms. The number of rotatable bonds is 4. The minimum atomic E-state index is 0.116. The number of hydrogen-bond donors (Lipinski definition) is 0. The van der Waals surface area contributed by atoms with Crippen LogP contribution < -0.4 is 0 Å². The van der Waals surface area contributed by atoms with Gasteiger partial charge in [-0.15, -0.1) is 11.3 Å². The Labute approximate surface area is 95.2 Å². The van der Waals surface area contributed by atoms with Crippen molar-refractivity contribution < 1.29 is 4.79 Å². The van der Waals surface area contributed by atoms with E-state index in [0.717, 1.165) is 12.0 Å². The summed E-state index contributed by atoms with van der Waals surface area (Å²) < 4.78 is 0. The first-order valence-electron chi connectivity index (χ1n) is 5.09. The molecule has 2 nitrogen and oxygen atoms in total. The summed E-state index contributed by atoms with van der Waals surface area (Å²) in [5, 5.41) is 2.03. The van der Waals surface area contributed by atoms with Gasteiger partial charge in [-0.1, -0.05) is 19.1 Å². The minimum absolute atomic E-state index is 0.116. The van der Waals surface area contributed by atoms with Gasteiger partial charge in [0.05, 0.1) is 6.54 Å². The fourth-order valence-electron chi connectivity index (χ4n) is 1.40. The molecule has 1 rings (SSSR count). The molecule has 0 aliphatic heterocycles. The molecule has 0 unspecified atom stereocenters. The van der Waals surface area contributed by atoms with Crippen LogP contribution in [0.15, 0.2) is 29.2 Å². The molecule has 0 N–H and O–H groups in total. The summed E-state index contributed by atoms with van der Waals surface area (Å²) in [5.41, 5.74) is 0.830. The third kappa shape index (κ3) is 3.51. The largest absolute Gasteiger partial charge is 0.337 e. The van der Waals surface area contributed by atoms with Crippen molar-refractivity contribution in [1.82, 2.24) is 4.90 Å². The Balaban J connectivity index is 2.57. The second-order valence-electron chi connectivity index (χ2n) is 3.54. The van der Waals surface area contributed by atoms with Gasteiger partial charge in [-0.05, 0) is 24.8 Å². The first-order chi connectivity index (χ1) is 7.15. The summed E-state index contributed by atoms with van der Waals surface area (Å²) in [7, 11) is 1.84. The van der Waals surface area contributed by atoms with Crippen molar-refractivity contribution >= 4 is 17.2 Å². The maximum Gasteiger partial charge on any atom is 0.249 e. The van der Waals surface area contributed by atoms with E-state index in [2.05, 4.69) is 0 Å². The Bertz CT molecular complexity index is 341. The number of nitrogens with zero attached hydrogens (tertiary/aromatic N) is 1. The lowest BCUT2D eigenvalue weighted by Gasteiger charge is -2.16. The summed E-state index contributed by atoms with van der Waals surface area (Å²) >= 11 is 1.68. The molecule has 15 heavy (non-hydrogen) atoms. The van der Waals surface area contributed by atoms with E-state index in [-0.39, 0.29) is 5.91 Å². The zero-order valence-corrected chi connectivity index (χ0v) is 10.3. The predicted octanol–water partition coefficient (Wildman–Crippen LogP) is 3.06. The molecule has 0 saturated heterocycles. The first-order valence-corrected chi connectivity index (χ1v) is 5.97. The third-order valence-electron chi connectivity index (χ3n) is 2.17. The number of likely N-dealkylation sites (N-methyl/N-ethyl adjacent to an activating group) is 1. The van der Waals surface area contributed by atoms with Gasteiger partial charge in [0.25, 0.3) is 0 Å². The Morgan fingerprint density at radius 1 is 1.60 bits per heavy atom. The van der Waals surface area contributed by atoms with E-state index < -0.39 is 0 Å². The quantitative estimate of drug-likeness (QED) is 0.718. The average Bonchev–Trinajstić information content (AvgIpc) is 2.69.